The second-order valence-electron chi connectivity index (χ2n) is 3.90. The first-order valence-corrected chi connectivity index (χ1v) is 5.81. The van der Waals surface area contributed by atoms with Gasteiger partial charge in [-0.2, -0.15) is 0 Å². The van der Waals surface area contributed by atoms with E-state index in [0.717, 1.165) is 26.1 Å². The van der Waals surface area contributed by atoms with Gasteiger partial charge in [-0.1, -0.05) is 37.3 Å². The number of hydrogen-bond donors (Lipinski definition) is 2. The van der Waals surface area contributed by atoms with E-state index < -0.39 is 0 Å². The maximum absolute atomic E-state index is 3.50. The molecule has 0 bridgehead atoms. The second-order valence-corrected chi connectivity index (χ2v) is 3.90. The van der Waals surface area contributed by atoms with Crippen molar-refractivity contribution in [1.82, 2.24) is 10.6 Å². The van der Waals surface area contributed by atoms with Gasteiger partial charge in [-0.05, 0) is 32.0 Å². The first kappa shape index (κ1) is 12.2. The average molecular weight is 206 g/mol. The molecule has 2 heteroatoms. The van der Waals surface area contributed by atoms with Crippen molar-refractivity contribution in [2.75, 3.05) is 19.6 Å². The lowest BCUT2D eigenvalue weighted by Gasteiger charge is -2.13. The van der Waals surface area contributed by atoms with Gasteiger partial charge in [0, 0.05) is 12.6 Å². The molecule has 0 heterocycles. The molecule has 15 heavy (non-hydrogen) atoms. The van der Waals surface area contributed by atoms with Crippen molar-refractivity contribution in [3.8, 4) is 0 Å². The number of rotatable bonds is 7. The third-order valence-corrected chi connectivity index (χ3v) is 2.45. The summed E-state index contributed by atoms with van der Waals surface area (Å²) in [6, 6.07) is 11.2. The van der Waals surface area contributed by atoms with Crippen LogP contribution in [-0.2, 0) is 6.42 Å². The monoisotopic (exact) mass is 206 g/mol. The number of likely N-dealkylation sites (N-methyl/N-ethyl adjacent to an activating group) is 1. The van der Waals surface area contributed by atoms with E-state index in [1.165, 1.54) is 5.56 Å². The number of nitrogens with one attached hydrogen (secondary N) is 2. The minimum atomic E-state index is 0.550. The van der Waals surface area contributed by atoms with Gasteiger partial charge in [0.05, 0.1) is 0 Å². The lowest BCUT2D eigenvalue weighted by Crippen LogP contribution is -2.37. The second kappa shape index (κ2) is 7.43. The topological polar surface area (TPSA) is 24.1 Å². The van der Waals surface area contributed by atoms with Crippen LogP contribution >= 0.6 is 0 Å². The van der Waals surface area contributed by atoms with Crippen molar-refractivity contribution in [2.24, 2.45) is 0 Å². The Morgan fingerprint density at radius 2 is 1.93 bits per heavy atom. The van der Waals surface area contributed by atoms with Gasteiger partial charge in [0.25, 0.3) is 0 Å². The standard InChI is InChI=1S/C13H22N2/c1-3-14-11-12(2)15-10-9-13-7-5-4-6-8-13/h4-8,12,14-15H,3,9-11H2,1-2H3. The van der Waals surface area contributed by atoms with E-state index in [9.17, 15) is 0 Å². The van der Waals surface area contributed by atoms with Gasteiger partial charge < -0.3 is 10.6 Å². The molecule has 0 aliphatic heterocycles. The molecular weight excluding hydrogens is 184 g/mol. The van der Waals surface area contributed by atoms with Gasteiger partial charge in [-0.15, -0.1) is 0 Å². The fourth-order valence-electron chi connectivity index (χ4n) is 1.54. The highest BCUT2D eigenvalue weighted by Gasteiger charge is 1.99. The third-order valence-electron chi connectivity index (χ3n) is 2.45. The molecule has 0 saturated heterocycles. The molecule has 0 saturated carbocycles. The van der Waals surface area contributed by atoms with E-state index in [0.29, 0.717) is 6.04 Å². The maximum Gasteiger partial charge on any atom is 0.0164 e. The van der Waals surface area contributed by atoms with Crippen molar-refractivity contribution < 1.29 is 0 Å². The van der Waals surface area contributed by atoms with Crippen LogP contribution in [0.5, 0.6) is 0 Å². The van der Waals surface area contributed by atoms with Gasteiger partial charge in [-0.3, -0.25) is 0 Å². The van der Waals surface area contributed by atoms with Gasteiger partial charge >= 0.3 is 0 Å². The van der Waals surface area contributed by atoms with E-state index in [-0.39, 0.29) is 0 Å². The minimum Gasteiger partial charge on any atom is -0.315 e. The van der Waals surface area contributed by atoms with Gasteiger partial charge in [0.2, 0.25) is 0 Å². The molecule has 0 spiro atoms. The van der Waals surface area contributed by atoms with Crippen LogP contribution in [0.4, 0.5) is 0 Å². The predicted molar refractivity (Wildman–Crippen MR) is 66.2 cm³/mol. The molecule has 1 aromatic carbocycles. The van der Waals surface area contributed by atoms with Crippen LogP contribution in [-0.4, -0.2) is 25.7 Å². The number of benzene rings is 1. The molecule has 0 amide bonds. The van der Waals surface area contributed by atoms with E-state index >= 15 is 0 Å². The molecule has 0 fully saturated rings. The molecule has 1 atom stereocenters. The summed E-state index contributed by atoms with van der Waals surface area (Å²) < 4.78 is 0. The molecule has 84 valence electrons. The summed E-state index contributed by atoms with van der Waals surface area (Å²) in [5.74, 6) is 0. The lowest BCUT2D eigenvalue weighted by molar-refractivity contribution is 0.512. The van der Waals surface area contributed by atoms with Gasteiger partial charge in [-0.25, -0.2) is 0 Å². The fourth-order valence-corrected chi connectivity index (χ4v) is 1.54. The van der Waals surface area contributed by atoms with E-state index in [1.807, 2.05) is 0 Å². The highest BCUT2D eigenvalue weighted by molar-refractivity contribution is 5.14. The van der Waals surface area contributed by atoms with E-state index in [2.05, 4.69) is 54.8 Å². The van der Waals surface area contributed by atoms with Crippen LogP contribution in [0.25, 0.3) is 0 Å². The summed E-state index contributed by atoms with van der Waals surface area (Å²) in [6.07, 6.45) is 1.11. The van der Waals surface area contributed by atoms with Crippen LogP contribution in [0.2, 0.25) is 0 Å². The highest BCUT2D eigenvalue weighted by Crippen LogP contribution is 1.98. The van der Waals surface area contributed by atoms with Crippen molar-refractivity contribution >= 4 is 0 Å². The molecule has 0 aliphatic rings. The molecule has 0 radical (unpaired) electrons. The molecule has 2 N–H and O–H groups in total. The minimum absolute atomic E-state index is 0.550. The zero-order chi connectivity index (χ0) is 10.9. The molecule has 0 aromatic heterocycles. The molecule has 1 unspecified atom stereocenters. The largest absolute Gasteiger partial charge is 0.315 e. The Morgan fingerprint density at radius 3 is 2.60 bits per heavy atom. The highest BCUT2D eigenvalue weighted by atomic mass is 15.0. The molecule has 0 aliphatic carbocycles. The van der Waals surface area contributed by atoms with Crippen molar-refractivity contribution in [3.05, 3.63) is 35.9 Å². The Bertz CT molecular complexity index is 246. The van der Waals surface area contributed by atoms with Crippen LogP contribution in [0, 0.1) is 0 Å². The summed E-state index contributed by atoms with van der Waals surface area (Å²) in [4.78, 5) is 0. The Balaban J connectivity index is 2.11. The summed E-state index contributed by atoms with van der Waals surface area (Å²) >= 11 is 0. The Morgan fingerprint density at radius 1 is 1.20 bits per heavy atom. The SMILES string of the molecule is CCNCC(C)NCCc1ccccc1. The number of hydrogen-bond acceptors (Lipinski definition) is 2. The molecule has 1 rings (SSSR count). The quantitative estimate of drug-likeness (QED) is 0.711. The molecular formula is C13H22N2. The smallest absolute Gasteiger partial charge is 0.0164 e. The summed E-state index contributed by atoms with van der Waals surface area (Å²) in [7, 11) is 0. The van der Waals surface area contributed by atoms with E-state index in [1.54, 1.807) is 0 Å². The van der Waals surface area contributed by atoms with E-state index in [4.69, 9.17) is 0 Å². The van der Waals surface area contributed by atoms with Crippen LogP contribution in [0.15, 0.2) is 30.3 Å². The predicted octanol–water partition coefficient (Wildman–Crippen LogP) is 1.82. The fraction of sp³-hybridized carbons (Fsp3) is 0.538. The van der Waals surface area contributed by atoms with Crippen molar-refractivity contribution in [2.45, 2.75) is 26.3 Å². The van der Waals surface area contributed by atoms with Crippen LogP contribution in [0.3, 0.4) is 0 Å². The Labute approximate surface area is 93.1 Å². The van der Waals surface area contributed by atoms with Gasteiger partial charge in [0.15, 0.2) is 0 Å². The first-order valence-electron chi connectivity index (χ1n) is 5.81. The first-order chi connectivity index (χ1) is 7.33. The maximum atomic E-state index is 3.50. The van der Waals surface area contributed by atoms with Crippen LogP contribution in [0.1, 0.15) is 19.4 Å². The zero-order valence-electron chi connectivity index (χ0n) is 9.79. The van der Waals surface area contributed by atoms with Crippen molar-refractivity contribution in [1.29, 1.82) is 0 Å². The van der Waals surface area contributed by atoms with Gasteiger partial charge in [0.1, 0.15) is 0 Å². The van der Waals surface area contributed by atoms with Crippen molar-refractivity contribution in [3.63, 3.8) is 0 Å². The Kier molecular flexibility index (Phi) is 6.05. The zero-order valence-corrected chi connectivity index (χ0v) is 9.79. The molecule has 1 aromatic rings. The average Bonchev–Trinajstić information content (AvgIpc) is 2.28. The molecule has 2 nitrogen and oxygen atoms in total. The van der Waals surface area contributed by atoms with Crippen LogP contribution < -0.4 is 10.6 Å². The normalized spacial score (nSPS) is 12.7. The lowest BCUT2D eigenvalue weighted by atomic mass is 10.1. The summed E-state index contributed by atoms with van der Waals surface area (Å²) in [5.41, 5.74) is 1.40. The summed E-state index contributed by atoms with van der Waals surface area (Å²) in [6.45, 7) is 7.50. The summed E-state index contributed by atoms with van der Waals surface area (Å²) in [5, 5.41) is 6.84. The Hall–Kier alpha value is -0.860. The third kappa shape index (κ3) is 5.55.